The normalized spacial score (nSPS) is 18.7. The molecule has 2 aliphatic rings. The Morgan fingerprint density at radius 3 is 2.91 bits per heavy atom. The highest BCUT2D eigenvalue weighted by Crippen LogP contribution is 2.43. The van der Waals surface area contributed by atoms with Crippen molar-refractivity contribution in [3.05, 3.63) is 52.2 Å². The van der Waals surface area contributed by atoms with Gasteiger partial charge in [-0.3, -0.25) is 4.57 Å². The third-order valence-electron chi connectivity index (χ3n) is 6.77. The molecule has 0 saturated carbocycles. The third-order valence-corrected chi connectivity index (χ3v) is 8.09. The van der Waals surface area contributed by atoms with E-state index < -0.39 is 0 Å². The maximum atomic E-state index is 13.4. The van der Waals surface area contributed by atoms with E-state index in [2.05, 4.69) is 15.0 Å². The van der Waals surface area contributed by atoms with Crippen LogP contribution in [0.3, 0.4) is 0 Å². The predicted octanol–water partition coefficient (Wildman–Crippen LogP) is 3.34. The van der Waals surface area contributed by atoms with Crippen molar-refractivity contribution in [1.29, 1.82) is 0 Å². The number of fused-ring (bicyclic) bond motifs is 5. The van der Waals surface area contributed by atoms with Gasteiger partial charge in [-0.15, -0.1) is 0 Å². The number of ether oxygens (including phenoxy) is 2. The van der Waals surface area contributed by atoms with Crippen molar-refractivity contribution in [1.82, 2.24) is 19.2 Å². The molecule has 9 heteroatoms. The van der Waals surface area contributed by atoms with E-state index in [9.17, 15) is 4.79 Å². The standard InChI is InChI=1S/C24H27N5O3S/c1-31-18-8-6-16(7-9-18)13-28-23-20(21-25-15-26-29(21)24(28)30)19-5-2-10-27(22(19)33-23)12-17-4-3-11-32-14-17/h6-9,15,17H,2-5,10-14H2,1H3. The van der Waals surface area contributed by atoms with Gasteiger partial charge in [-0.2, -0.15) is 9.61 Å². The number of aryl methyl sites for hydroxylation is 1. The van der Waals surface area contributed by atoms with Crippen LogP contribution in [0.25, 0.3) is 15.9 Å². The minimum Gasteiger partial charge on any atom is -0.497 e. The first-order chi connectivity index (χ1) is 16.2. The highest BCUT2D eigenvalue weighted by atomic mass is 32.1. The first-order valence-electron chi connectivity index (χ1n) is 11.6. The summed E-state index contributed by atoms with van der Waals surface area (Å²) >= 11 is 1.72. The van der Waals surface area contributed by atoms with Crippen molar-refractivity contribution in [3.63, 3.8) is 0 Å². The zero-order valence-corrected chi connectivity index (χ0v) is 19.5. The Morgan fingerprint density at radius 2 is 2.12 bits per heavy atom. The molecule has 5 heterocycles. The third kappa shape index (κ3) is 3.59. The summed E-state index contributed by atoms with van der Waals surface area (Å²) in [6.07, 6.45) is 5.94. The zero-order chi connectivity index (χ0) is 22.4. The minimum atomic E-state index is -0.156. The van der Waals surface area contributed by atoms with E-state index in [4.69, 9.17) is 9.47 Å². The first kappa shape index (κ1) is 20.7. The van der Waals surface area contributed by atoms with E-state index in [-0.39, 0.29) is 5.69 Å². The number of nitrogens with zero attached hydrogens (tertiary/aromatic N) is 5. The van der Waals surface area contributed by atoms with Crippen molar-refractivity contribution in [2.45, 2.75) is 32.2 Å². The molecule has 8 nitrogen and oxygen atoms in total. The highest BCUT2D eigenvalue weighted by Gasteiger charge is 2.29. The van der Waals surface area contributed by atoms with Gasteiger partial charge in [0.1, 0.15) is 16.9 Å². The molecule has 0 radical (unpaired) electrons. The first-order valence-corrected chi connectivity index (χ1v) is 12.4. The van der Waals surface area contributed by atoms with Gasteiger partial charge in [-0.1, -0.05) is 23.5 Å². The predicted molar refractivity (Wildman–Crippen MR) is 129 cm³/mol. The number of hydrogen-bond acceptors (Lipinski definition) is 7. The second-order valence-electron chi connectivity index (χ2n) is 8.91. The van der Waals surface area contributed by atoms with Crippen LogP contribution in [0.5, 0.6) is 5.75 Å². The van der Waals surface area contributed by atoms with E-state index in [1.807, 2.05) is 28.8 Å². The van der Waals surface area contributed by atoms with Gasteiger partial charge in [0.2, 0.25) is 0 Å². The molecule has 1 unspecified atom stereocenters. The van der Waals surface area contributed by atoms with Crippen LogP contribution in [0.1, 0.15) is 30.4 Å². The van der Waals surface area contributed by atoms with E-state index in [1.54, 1.807) is 18.4 Å². The van der Waals surface area contributed by atoms with Crippen molar-refractivity contribution in [2.75, 3.05) is 38.3 Å². The van der Waals surface area contributed by atoms with Crippen LogP contribution >= 0.6 is 11.3 Å². The number of methoxy groups -OCH3 is 1. The minimum absolute atomic E-state index is 0.156. The molecule has 0 N–H and O–H groups in total. The van der Waals surface area contributed by atoms with Crippen LogP contribution in [0.2, 0.25) is 0 Å². The summed E-state index contributed by atoms with van der Waals surface area (Å²) in [7, 11) is 1.66. The second kappa shape index (κ2) is 8.46. The van der Waals surface area contributed by atoms with Crippen LogP contribution in [0.15, 0.2) is 35.4 Å². The number of rotatable bonds is 5. The Balaban J connectivity index is 1.47. The van der Waals surface area contributed by atoms with Crippen LogP contribution in [-0.4, -0.2) is 52.6 Å². The van der Waals surface area contributed by atoms with Crippen molar-refractivity contribution >= 4 is 32.2 Å². The molecule has 0 bridgehead atoms. The summed E-state index contributed by atoms with van der Waals surface area (Å²) in [6, 6.07) is 7.87. The lowest BCUT2D eigenvalue weighted by Crippen LogP contribution is -2.36. The van der Waals surface area contributed by atoms with E-state index in [1.165, 1.54) is 27.8 Å². The summed E-state index contributed by atoms with van der Waals surface area (Å²) in [5, 5.41) is 6.62. The number of thiophene rings is 1. The van der Waals surface area contributed by atoms with Gasteiger partial charge in [0.25, 0.3) is 0 Å². The number of hydrogen-bond donors (Lipinski definition) is 0. The average molecular weight is 466 g/mol. The van der Waals surface area contributed by atoms with Crippen molar-refractivity contribution < 1.29 is 9.47 Å². The SMILES string of the molecule is COc1ccc(Cn2c(=O)n3ncnc3c3c4c(sc32)N(CC2CCCOC2)CCC4)cc1. The lowest BCUT2D eigenvalue weighted by atomic mass is 9.99. The van der Waals surface area contributed by atoms with Gasteiger partial charge in [-0.25, -0.2) is 9.78 Å². The summed E-state index contributed by atoms with van der Waals surface area (Å²) in [5.74, 6) is 1.36. The monoisotopic (exact) mass is 465 g/mol. The Bertz CT molecular complexity index is 1350. The Kier molecular flexibility index (Phi) is 5.30. The summed E-state index contributed by atoms with van der Waals surface area (Å²) in [5.41, 5.74) is 2.86. The molecule has 1 saturated heterocycles. The number of anilines is 1. The molecule has 33 heavy (non-hydrogen) atoms. The molecule has 1 aromatic carbocycles. The van der Waals surface area contributed by atoms with Crippen LogP contribution in [0, 0.1) is 5.92 Å². The largest absolute Gasteiger partial charge is 0.497 e. The molecule has 0 aliphatic carbocycles. The quantitative estimate of drug-likeness (QED) is 0.450. The van der Waals surface area contributed by atoms with Crippen molar-refractivity contribution in [3.8, 4) is 5.75 Å². The van der Waals surface area contributed by atoms with Crippen LogP contribution < -0.4 is 15.3 Å². The molecule has 1 fully saturated rings. The van der Waals surface area contributed by atoms with Gasteiger partial charge in [-0.05, 0) is 54.9 Å². The fourth-order valence-electron chi connectivity index (χ4n) is 5.14. The fourth-order valence-corrected chi connectivity index (χ4v) is 6.51. The maximum absolute atomic E-state index is 13.4. The molecule has 6 rings (SSSR count). The second-order valence-corrected chi connectivity index (χ2v) is 9.89. The molecular formula is C24H27N5O3S. The zero-order valence-electron chi connectivity index (χ0n) is 18.7. The van der Waals surface area contributed by atoms with Crippen molar-refractivity contribution in [2.24, 2.45) is 5.92 Å². The highest BCUT2D eigenvalue weighted by molar-refractivity contribution is 7.22. The topological polar surface area (TPSA) is 73.9 Å². The van der Waals surface area contributed by atoms with Gasteiger partial charge < -0.3 is 14.4 Å². The maximum Gasteiger partial charge on any atom is 0.352 e. The molecular weight excluding hydrogens is 438 g/mol. The molecule has 3 aromatic heterocycles. The van der Waals surface area contributed by atoms with Gasteiger partial charge in [0.05, 0.1) is 30.6 Å². The number of aromatic nitrogens is 4. The fraction of sp³-hybridized carbons (Fsp3) is 0.458. The Labute approximate surface area is 195 Å². The molecule has 1 atom stereocenters. The molecule has 0 amide bonds. The van der Waals surface area contributed by atoms with Gasteiger partial charge >= 0.3 is 5.69 Å². The van der Waals surface area contributed by atoms with E-state index in [0.717, 1.165) is 67.1 Å². The molecule has 0 spiro atoms. The Hall–Kier alpha value is -2.91. The summed E-state index contributed by atoms with van der Waals surface area (Å²) in [6.45, 7) is 4.25. The summed E-state index contributed by atoms with van der Waals surface area (Å²) < 4.78 is 14.3. The molecule has 2 aliphatic heterocycles. The lowest BCUT2D eigenvalue weighted by Gasteiger charge is -2.33. The molecule has 172 valence electrons. The van der Waals surface area contributed by atoms with E-state index >= 15 is 0 Å². The Morgan fingerprint density at radius 1 is 1.24 bits per heavy atom. The molecule has 4 aromatic rings. The van der Waals surface area contributed by atoms with Crippen LogP contribution in [0.4, 0.5) is 5.00 Å². The van der Waals surface area contributed by atoms with Gasteiger partial charge in [0, 0.05) is 19.7 Å². The van der Waals surface area contributed by atoms with E-state index in [0.29, 0.717) is 18.1 Å². The lowest BCUT2D eigenvalue weighted by molar-refractivity contribution is 0.0572. The smallest absolute Gasteiger partial charge is 0.352 e. The average Bonchev–Trinajstić information content (AvgIpc) is 3.48. The summed E-state index contributed by atoms with van der Waals surface area (Å²) in [4.78, 5) is 21.4. The van der Waals surface area contributed by atoms with Crippen LogP contribution in [-0.2, 0) is 17.7 Å². The number of benzene rings is 1. The van der Waals surface area contributed by atoms with Gasteiger partial charge in [0.15, 0.2) is 5.65 Å².